The van der Waals surface area contributed by atoms with Crippen LogP contribution in [0, 0.1) is 18.6 Å². The SMILES string of the molecule is COc1nc(C=Cc2nc3n(n2)CC[C@H]3c2cc(F)cc(F)c2)ccc1-n1cnc(C)c1. The van der Waals surface area contributed by atoms with Crippen LogP contribution in [0.15, 0.2) is 42.9 Å². The number of ether oxygens (including phenoxy) is 1. The Morgan fingerprint density at radius 2 is 1.91 bits per heavy atom. The van der Waals surface area contributed by atoms with Crippen LogP contribution in [0.1, 0.15) is 40.9 Å². The molecule has 4 aromatic rings. The molecular formula is C23H20F2N6O. The molecule has 3 aromatic heterocycles. The van der Waals surface area contributed by atoms with E-state index in [0.29, 0.717) is 41.8 Å². The fourth-order valence-electron chi connectivity index (χ4n) is 3.94. The molecule has 0 fully saturated rings. The van der Waals surface area contributed by atoms with Gasteiger partial charge in [0.2, 0.25) is 5.88 Å². The zero-order chi connectivity index (χ0) is 22.2. The number of halogens is 2. The Kier molecular flexibility index (Phi) is 5.01. The first-order valence-corrected chi connectivity index (χ1v) is 10.1. The molecule has 0 radical (unpaired) electrons. The zero-order valence-electron chi connectivity index (χ0n) is 17.5. The minimum absolute atomic E-state index is 0.189. The third kappa shape index (κ3) is 3.77. The molecule has 1 aliphatic rings. The number of imidazole rings is 1. The summed E-state index contributed by atoms with van der Waals surface area (Å²) in [6.45, 7) is 2.56. The highest BCUT2D eigenvalue weighted by Gasteiger charge is 2.28. The van der Waals surface area contributed by atoms with Crippen molar-refractivity contribution in [3.63, 3.8) is 0 Å². The maximum absolute atomic E-state index is 13.7. The van der Waals surface area contributed by atoms with Gasteiger partial charge in [0.05, 0.1) is 24.8 Å². The van der Waals surface area contributed by atoms with E-state index in [1.807, 2.05) is 29.8 Å². The van der Waals surface area contributed by atoms with Gasteiger partial charge in [0.15, 0.2) is 5.82 Å². The normalized spacial score (nSPS) is 15.4. The van der Waals surface area contributed by atoms with Gasteiger partial charge in [-0.15, -0.1) is 0 Å². The molecule has 1 atom stereocenters. The highest BCUT2D eigenvalue weighted by molar-refractivity contribution is 5.65. The van der Waals surface area contributed by atoms with E-state index in [2.05, 4.69) is 20.1 Å². The van der Waals surface area contributed by atoms with Gasteiger partial charge in [0.25, 0.3) is 0 Å². The molecule has 0 N–H and O–H groups in total. The van der Waals surface area contributed by atoms with Crippen molar-refractivity contribution < 1.29 is 13.5 Å². The fourth-order valence-corrected chi connectivity index (χ4v) is 3.94. The quantitative estimate of drug-likeness (QED) is 0.472. The Bertz CT molecular complexity index is 1310. The summed E-state index contributed by atoms with van der Waals surface area (Å²) in [6, 6.07) is 7.35. The van der Waals surface area contributed by atoms with E-state index in [0.717, 1.165) is 17.4 Å². The number of aromatic nitrogens is 6. The minimum atomic E-state index is -0.590. The molecule has 7 nitrogen and oxygen atoms in total. The lowest BCUT2D eigenvalue weighted by Crippen LogP contribution is -2.00. The van der Waals surface area contributed by atoms with E-state index in [1.165, 1.54) is 12.1 Å². The van der Waals surface area contributed by atoms with Gasteiger partial charge in [0.1, 0.15) is 23.1 Å². The fraction of sp³-hybridized carbons (Fsp3) is 0.217. The van der Waals surface area contributed by atoms with E-state index >= 15 is 0 Å². The molecule has 5 rings (SSSR count). The molecule has 0 saturated heterocycles. The maximum atomic E-state index is 13.7. The number of methoxy groups -OCH3 is 1. The summed E-state index contributed by atoms with van der Waals surface area (Å²) in [5.41, 5.74) is 2.94. The second-order valence-corrected chi connectivity index (χ2v) is 7.62. The number of nitrogens with zero attached hydrogens (tertiary/aromatic N) is 6. The first-order valence-electron chi connectivity index (χ1n) is 10.1. The standard InChI is InChI=1S/C23H20F2N6O/c1-14-12-30(13-26-14)20-5-3-18(27-23(20)32-2)4-6-21-28-22-19(7-8-31(22)29-21)15-9-16(24)11-17(25)10-15/h3-6,9-13,19H,7-8H2,1-2H3/t19-/m0/s1. The van der Waals surface area contributed by atoms with Gasteiger partial charge >= 0.3 is 0 Å². The van der Waals surface area contributed by atoms with E-state index in [4.69, 9.17) is 4.74 Å². The van der Waals surface area contributed by atoms with E-state index in [9.17, 15) is 8.78 Å². The van der Waals surface area contributed by atoms with E-state index < -0.39 is 11.6 Å². The molecule has 32 heavy (non-hydrogen) atoms. The van der Waals surface area contributed by atoms with Crippen LogP contribution < -0.4 is 4.74 Å². The average Bonchev–Trinajstić information content (AvgIpc) is 3.47. The van der Waals surface area contributed by atoms with Gasteiger partial charge in [-0.25, -0.2) is 28.4 Å². The lowest BCUT2D eigenvalue weighted by atomic mass is 9.97. The van der Waals surface area contributed by atoms with Gasteiger partial charge in [-0.1, -0.05) is 0 Å². The summed E-state index contributed by atoms with van der Waals surface area (Å²) in [5, 5.41) is 4.50. The van der Waals surface area contributed by atoms with Crippen molar-refractivity contribution in [1.29, 1.82) is 0 Å². The van der Waals surface area contributed by atoms with Crippen LogP contribution in [-0.4, -0.2) is 36.4 Å². The van der Waals surface area contributed by atoms with Crippen LogP contribution in [0.2, 0.25) is 0 Å². The van der Waals surface area contributed by atoms with Crippen LogP contribution in [0.25, 0.3) is 17.8 Å². The number of aryl methyl sites for hydroxylation is 2. The highest BCUT2D eigenvalue weighted by Crippen LogP contribution is 2.33. The zero-order valence-corrected chi connectivity index (χ0v) is 17.5. The Morgan fingerprint density at radius 3 is 2.62 bits per heavy atom. The summed E-state index contributed by atoms with van der Waals surface area (Å²) in [4.78, 5) is 13.3. The first-order chi connectivity index (χ1) is 15.5. The molecule has 0 amide bonds. The Hall–Kier alpha value is -3.88. The second-order valence-electron chi connectivity index (χ2n) is 7.62. The van der Waals surface area contributed by atoms with Crippen LogP contribution in [-0.2, 0) is 6.54 Å². The van der Waals surface area contributed by atoms with E-state index in [-0.39, 0.29) is 5.92 Å². The van der Waals surface area contributed by atoms with Crippen LogP contribution in [0.4, 0.5) is 8.78 Å². The molecule has 0 saturated carbocycles. The molecule has 0 spiro atoms. The smallest absolute Gasteiger partial charge is 0.238 e. The summed E-state index contributed by atoms with van der Waals surface area (Å²) in [6.07, 6.45) is 7.87. The van der Waals surface area contributed by atoms with Crippen molar-refractivity contribution in [2.24, 2.45) is 0 Å². The highest BCUT2D eigenvalue weighted by atomic mass is 19.1. The van der Waals surface area contributed by atoms with Gasteiger partial charge in [-0.05, 0) is 55.3 Å². The second kappa shape index (κ2) is 7.99. The molecule has 0 unspecified atom stereocenters. The van der Waals surface area contributed by atoms with Gasteiger partial charge < -0.3 is 9.30 Å². The predicted octanol–water partition coefficient (Wildman–Crippen LogP) is 4.16. The number of rotatable bonds is 5. The topological polar surface area (TPSA) is 70.7 Å². The Balaban J connectivity index is 1.39. The molecule has 162 valence electrons. The van der Waals surface area contributed by atoms with Crippen molar-refractivity contribution in [2.75, 3.05) is 7.11 Å². The van der Waals surface area contributed by atoms with Crippen molar-refractivity contribution in [1.82, 2.24) is 29.3 Å². The van der Waals surface area contributed by atoms with Gasteiger partial charge in [0, 0.05) is 24.7 Å². The Labute approximate surface area is 183 Å². The first kappa shape index (κ1) is 20.0. The molecule has 9 heteroatoms. The maximum Gasteiger partial charge on any atom is 0.238 e. The van der Waals surface area contributed by atoms with Crippen molar-refractivity contribution in [2.45, 2.75) is 25.8 Å². The third-order valence-corrected chi connectivity index (χ3v) is 5.39. The van der Waals surface area contributed by atoms with Crippen LogP contribution in [0.3, 0.4) is 0 Å². The number of fused-ring (bicyclic) bond motifs is 1. The molecule has 0 aliphatic carbocycles. The van der Waals surface area contributed by atoms with Gasteiger partial charge in [-0.2, -0.15) is 5.10 Å². The lowest BCUT2D eigenvalue weighted by molar-refractivity contribution is 0.395. The van der Waals surface area contributed by atoms with Crippen LogP contribution in [0.5, 0.6) is 5.88 Å². The number of pyridine rings is 1. The summed E-state index contributed by atoms with van der Waals surface area (Å²) in [7, 11) is 1.57. The molecule has 4 heterocycles. The predicted molar refractivity (Wildman–Crippen MR) is 114 cm³/mol. The summed E-state index contributed by atoms with van der Waals surface area (Å²) in [5.74, 6) is 0.312. The monoisotopic (exact) mass is 434 g/mol. The number of hydrogen-bond acceptors (Lipinski definition) is 5. The third-order valence-electron chi connectivity index (χ3n) is 5.39. The number of benzene rings is 1. The lowest BCUT2D eigenvalue weighted by Gasteiger charge is -2.08. The van der Waals surface area contributed by atoms with Gasteiger partial charge in [-0.3, -0.25) is 0 Å². The number of hydrogen-bond donors (Lipinski definition) is 0. The molecule has 1 aliphatic heterocycles. The van der Waals surface area contributed by atoms with E-state index in [1.54, 1.807) is 30.3 Å². The molecular weight excluding hydrogens is 414 g/mol. The van der Waals surface area contributed by atoms with Crippen molar-refractivity contribution in [3.05, 3.63) is 83.1 Å². The summed E-state index contributed by atoms with van der Waals surface area (Å²) >= 11 is 0. The molecule has 1 aromatic carbocycles. The average molecular weight is 434 g/mol. The molecule has 0 bridgehead atoms. The van der Waals surface area contributed by atoms with Crippen molar-refractivity contribution in [3.8, 4) is 11.6 Å². The Morgan fingerprint density at radius 1 is 1.09 bits per heavy atom. The van der Waals surface area contributed by atoms with Crippen LogP contribution >= 0.6 is 0 Å². The van der Waals surface area contributed by atoms with Crippen molar-refractivity contribution >= 4 is 12.2 Å². The largest absolute Gasteiger partial charge is 0.479 e. The summed E-state index contributed by atoms with van der Waals surface area (Å²) < 4.78 is 36.4. The minimum Gasteiger partial charge on any atom is -0.479 e.